The molecule has 0 saturated carbocycles. The molecule has 4 rings (SSSR count). The van der Waals surface area contributed by atoms with Crippen molar-refractivity contribution in [2.24, 2.45) is 0 Å². The van der Waals surface area contributed by atoms with E-state index in [0.29, 0.717) is 5.56 Å². The molecule has 9 nitrogen and oxygen atoms in total. The van der Waals surface area contributed by atoms with Crippen molar-refractivity contribution in [1.82, 2.24) is 13.6 Å². The number of hydrogen-bond acceptors (Lipinski definition) is 6. The zero-order valence-corrected chi connectivity index (χ0v) is 21.3. The third-order valence-electron chi connectivity index (χ3n) is 5.60. The number of rotatable bonds is 9. The standard InChI is InChI=1S/C22H24ClFN4O5S2/c1-25-12-15-10-21(19-8-3-4-9-20(19)24)28(22(15)23)34(29,30)18-7-5-6-16(11-18)26-35(31,32)27-13-17(14-27)33-2/h3-11,17,25-26H,12-14H2,1-2H3. The first kappa shape index (κ1) is 25.6. The van der Waals surface area contributed by atoms with Crippen LogP contribution >= 0.6 is 11.6 Å². The van der Waals surface area contributed by atoms with Gasteiger partial charge in [-0.25, -0.2) is 16.8 Å². The molecular weight excluding hydrogens is 519 g/mol. The monoisotopic (exact) mass is 542 g/mol. The molecule has 1 saturated heterocycles. The maximum absolute atomic E-state index is 14.6. The van der Waals surface area contributed by atoms with E-state index in [4.69, 9.17) is 16.3 Å². The van der Waals surface area contributed by atoms with Crippen LogP contribution in [0.2, 0.25) is 5.15 Å². The van der Waals surface area contributed by atoms with E-state index in [-0.39, 0.29) is 52.7 Å². The van der Waals surface area contributed by atoms with Gasteiger partial charge in [-0.3, -0.25) is 4.72 Å². The quantitative estimate of drug-likeness (QED) is 0.430. The summed E-state index contributed by atoms with van der Waals surface area (Å²) in [5.74, 6) is -0.612. The third-order valence-corrected chi connectivity index (χ3v) is 9.29. The molecule has 2 heterocycles. The predicted molar refractivity (Wildman–Crippen MR) is 132 cm³/mol. The minimum absolute atomic E-state index is 0.0514. The van der Waals surface area contributed by atoms with Gasteiger partial charge in [0, 0.05) is 37.9 Å². The first-order chi connectivity index (χ1) is 16.6. The van der Waals surface area contributed by atoms with Crippen LogP contribution in [0.3, 0.4) is 0 Å². The Kier molecular flexibility index (Phi) is 7.23. The maximum Gasteiger partial charge on any atom is 0.301 e. The fourth-order valence-corrected chi connectivity index (χ4v) is 6.95. The average molecular weight is 543 g/mol. The van der Waals surface area contributed by atoms with Crippen LogP contribution in [0.5, 0.6) is 0 Å². The van der Waals surface area contributed by atoms with Gasteiger partial charge in [0.2, 0.25) is 0 Å². The summed E-state index contributed by atoms with van der Waals surface area (Å²) in [6.45, 7) is 0.646. The van der Waals surface area contributed by atoms with Crippen LogP contribution in [-0.2, 0) is 31.5 Å². The topological polar surface area (TPSA) is 110 Å². The molecule has 0 spiro atoms. The van der Waals surface area contributed by atoms with Gasteiger partial charge in [-0.1, -0.05) is 29.8 Å². The second-order valence-electron chi connectivity index (χ2n) is 7.93. The minimum atomic E-state index is -4.34. The fourth-order valence-electron chi connectivity index (χ4n) is 3.71. The number of hydrogen-bond donors (Lipinski definition) is 2. The summed E-state index contributed by atoms with van der Waals surface area (Å²) in [4.78, 5) is -0.220. The molecule has 0 amide bonds. The molecule has 1 aliphatic rings. The van der Waals surface area contributed by atoms with Crippen LogP contribution in [0.1, 0.15) is 5.56 Å². The number of aromatic nitrogens is 1. The summed E-state index contributed by atoms with van der Waals surface area (Å²) in [6.07, 6.45) is -0.183. The first-order valence-corrected chi connectivity index (χ1v) is 13.8. The second-order valence-corrected chi connectivity index (χ2v) is 11.8. The summed E-state index contributed by atoms with van der Waals surface area (Å²) in [5.41, 5.74) is 0.620. The van der Waals surface area contributed by atoms with Gasteiger partial charge in [-0.15, -0.1) is 0 Å². The van der Waals surface area contributed by atoms with Gasteiger partial charge < -0.3 is 10.1 Å². The molecular formula is C22H24ClFN4O5S2. The molecule has 0 aliphatic carbocycles. The fraction of sp³-hybridized carbons (Fsp3) is 0.273. The summed E-state index contributed by atoms with van der Waals surface area (Å²) in [6, 6.07) is 12.6. The van der Waals surface area contributed by atoms with Crippen LogP contribution in [-0.4, -0.2) is 58.5 Å². The van der Waals surface area contributed by atoms with Gasteiger partial charge in [0.1, 0.15) is 11.0 Å². The van der Waals surface area contributed by atoms with E-state index >= 15 is 0 Å². The van der Waals surface area contributed by atoms with E-state index in [9.17, 15) is 21.2 Å². The molecule has 188 valence electrons. The second kappa shape index (κ2) is 9.88. The summed E-state index contributed by atoms with van der Waals surface area (Å²) >= 11 is 6.48. The number of methoxy groups -OCH3 is 1. The van der Waals surface area contributed by atoms with Crippen molar-refractivity contribution in [2.75, 3.05) is 32.0 Å². The van der Waals surface area contributed by atoms with Crippen molar-refractivity contribution in [3.63, 3.8) is 0 Å². The van der Waals surface area contributed by atoms with E-state index in [0.717, 1.165) is 3.97 Å². The van der Waals surface area contributed by atoms with Gasteiger partial charge in [-0.05, 0) is 43.4 Å². The van der Waals surface area contributed by atoms with Crippen molar-refractivity contribution in [2.45, 2.75) is 17.5 Å². The molecule has 13 heteroatoms. The predicted octanol–water partition coefficient (Wildman–Crippen LogP) is 2.89. The van der Waals surface area contributed by atoms with Gasteiger partial charge in [0.05, 0.1) is 22.4 Å². The minimum Gasteiger partial charge on any atom is -0.379 e. The lowest BCUT2D eigenvalue weighted by atomic mass is 10.1. The Balaban J connectivity index is 1.75. The number of anilines is 1. The maximum atomic E-state index is 14.6. The summed E-state index contributed by atoms with van der Waals surface area (Å²) < 4.78 is 76.8. The molecule has 3 aromatic rings. The highest BCUT2D eigenvalue weighted by molar-refractivity contribution is 7.90. The normalized spacial score (nSPS) is 15.2. The lowest BCUT2D eigenvalue weighted by Gasteiger charge is -2.36. The smallest absolute Gasteiger partial charge is 0.301 e. The van der Waals surface area contributed by atoms with Crippen LogP contribution in [0.4, 0.5) is 10.1 Å². The Morgan fingerprint density at radius 3 is 2.46 bits per heavy atom. The Bertz CT molecular complexity index is 1450. The Hall–Kier alpha value is -2.48. The molecule has 2 aromatic carbocycles. The average Bonchev–Trinajstić information content (AvgIpc) is 3.10. The van der Waals surface area contributed by atoms with Crippen molar-refractivity contribution in [1.29, 1.82) is 0 Å². The molecule has 0 unspecified atom stereocenters. The van der Waals surface area contributed by atoms with Gasteiger partial charge in [0.25, 0.3) is 10.0 Å². The molecule has 0 atom stereocenters. The van der Waals surface area contributed by atoms with Crippen molar-refractivity contribution in [3.8, 4) is 11.3 Å². The highest BCUT2D eigenvalue weighted by Gasteiger charge is 2.36. The Labute approximate surface area is 208 Å². The number of halogens is 2. The largest absolute Gasteiger partial charge is 0.379 e. The summed E-state index contributed by atoms with van der Waals surface area (Å²) in [7, 11) is -5.07. The van der Waals surface area contributed by atoms with E-state index in [1.165, 1.54) is 59.9 Å². The molecule has 1 aliphatic heterocycles. The van der Waals surface area contributed by atoms with Crippen LogP contribution < -0.4 is 10.0 Å². The highest BCUT2D eigenvalue weighted by atomic mass is 35.5. The Morgan fingerprint density at radius 1 is 1.09 bits per heavy atom. The van der Waals surface area contributed by atoms with Crippen LogP contribution in [0, 0.1) is 5.82 Å². The SMILES string of the molecule is CNCc1cc(-c2ccccc2F)n(S(=O)(=O)c2cccc(NS(=O)(=O)N3CC(OC)C3)c2)c1Cl. The zero-order chi connectivity index (χ0) is 25.4. The molecule has 0 radical (unpaired) electrons. The number of nitrogens with zero attached hydrogens (tertiary/aromatic N) is 2. The van der Waals surface area contributed by atoms with Crippen molar-refractivity contribution >= 4 is 37.5 Å². The number of ether oxygens (including phenoxy) is 1. The van der Waals surface area contributed by atoms with E-state index in [1.807, 2.05) is 0 Å². The molecule has 1 aromatic heterocycles. The first-order valence-electron chi connectivity index (χ1n) is 10.5. The Morgan fingerprint density at radius 2 is 1.80 bits per heavy atom. The van der Waals surface area contributed by atoms with E-state index in [2.05, 4.69) is 10.0 Å². The molecule has 0 bridgehead atoms. The van der Waals surface area contributed by atoms with Crippen molar-refractivity contribution < 1.29 is 26.0 Å². The lowest BCUT2D eigenvalue weighted by molar-refractivity contribution is 0.0128. The third kappa shape index (κ3) is 4.95. The number of nitrogens with one attached hydrogen (secondary N) is 2. The van der Waals surface area contributed by atoms with E-state index in [1.54, 1.807) is 13.1 Å². The lowest BCUT2D eigenvalue weighted by Crippen LogP contribution is -2.55. The van der Waals surface area contributed by atoms with Gasteiger partial charge in [-0.2, -0.15) is 12.7 Å². The molecule has 2 N–H and O–H groups in total. The molecule has 1 fully saturated rings. The van der Waals surface area contributed by atoms with Crippen LogP contribution in [0.25, 0.3) is 11.3 Å². The van der Waals surface area contributed by atoms with Gasteiger partial charge in [0.15, 0.2) is 0 Å². The van der Waals surface area contributed by atoms with Crippen molar-refractivity contribution in [3.05, 3.63) is 71.1 Å². The highest BCUT2D eigenvalue weighted by Crippen LogP contribution is 2.35. The van der Waals surface area contributed by atoms with Crippen LogP contribution in [0.15, 0.2) is 59.5 Å². The van der Waals surface area contributed by atoms with Gasteiger partial charge >= 0.3 is 10.2 Å². The molecule has 35 heavy (non-hydrogen) atoms. The number of benzene rings is 2. The summed E-state index contributed by atoms with van der Waals surface area (Å²) in [5, 5.41) is 2.81. The zero-order valence-electron chi connectivity index (χ0n) is 18.9. The van der Waals surface area contributed by atoms with E-state index < -0.39 is 26.0 Å².